The summed E-state index contributed by atoms with van der Waals surface area (Å²) >= 11 is 0. The van der Waals surface area contributed by atoms with Crippen molar-refractivity contribution in [3.8, 4) is 17.6 Å². The first-order valence-corrected chi connectivity index (χ1v) is 7.75. The molecule has 0 aliphatic carbocycles. The number of rotatable bonds is 5. The van der Waals surface area contributed by atoms with E-state index < -0.39 is 0 Å². The first-order chi connectivity index (χ1) is 10.3. The molecule has 2 rings (SSSR count). The molecule has 114 valence electrons. The molecule has 1 fully saturated rings. The highest BCUT2D eigenvalue weighted by Crippen LogP contribution is 2.25. The van der Waals surface area contributed by atoms with E-state index in [2.05, 4.69) is 29.7 Å². The molecule has 1 N–H and O–H groups in total. The molecule has 0 amide bonds. The van der Waals surface area contributed by atoms with E-state index in [4.69, 9.17) is 9.84 Å². The van der Waals surface area contributed by atoms with Crippen LogP contribution >= 0.6 is 0 Å². The Labute approximate surface area is 127 Å². The summed E-state index contributed by atoms with van der Waals surface area (Å²) in [4.78, 5) is 2.50. The molecule has 0 radical (unpaired) electrons. The monoisotopic (exact) mass is 287 g/mol. The number of likely N-dealkylation sites (tertiary alicyclic amines) is 1. The van der Waals surface area contributed by atoms with E-state index in [-0.39, 0.29) is 6.61 Å². The van der Waals surface area contributed by atoms with Crippen LogP contribution in [0.4, 0.5) is 0 Å². The smallest absolute Gasteiger partial charge is 0.119 e. The lowest BCUT2D eigenvalue weighted by Crippen LogP contribution is -2.20. The number of ether oxygens (including phenoxy) is 1. The van der Waals surface area contributed by atoms with E-state index in [0.717, 1.165) is 30.3 Å². The average molecular weight is 287 g/mol. The van der Waals surface area contributed by atoms with Crippen molar-refractivity contribution in [3.63, 3.8) is 0 Å². The van der Waals surface area contributed by atoms with Crippen LogP contribution in [0, 0.1) is 17.8 Å². The lowest BCUT2D eigenvalue weighted by molar-refractivity contribution is 0.312. The van der Waals surface area contributed by atoms with Gasteiger partial charge in [-0.05, 0) is 49.1 Å². The number of nitrogens with zero attached hydrogens (tertiary/aromatic N) is 1. The van der Waals surface area contributed by atoms with E-state index in [0.29, 0.717) is 0 Å². The molecule has 1 aliphatic heterocycles. The van der Waals surface area contributed by atoms with E-state index in [1.54, 1.807) is 7.11 Å². The van der Waals surface area contributed by atoms with Crippen molar-refractivity contribution in [3.05, 3.63) is 29.3 Å². The summed E-state index contributed by atoms with van der Waals surface area (Å²) < 4.78 is 5.32. The van der Waals surface area contributed by atoms with E-state index in [1.165, 1.54) is 31.4 Å². The van der Waals surface area contributed by atoms with Crippen LogP contribution in [0.1, 0.15) is 37.3 Å². The normalized spacial score (nSPS) is 18.3. The molecular weight excluding hydrogens is 262 g/mol. The zero-order chi connectivity index (χ0) is 15.1. The fraction of sp³-hybridized carbons (Fsp3) is 0.556. The summed E-state index contributed by atoms with van der Waals surface area (Å²) in [5.74, 6) is 7.49. The number of hydrogen-bond donors (Lipinski definition) is 1. The molecule has 0 saturated carbocycles. The van der Waals surface area contributed by atoms with Crippen molar-refractivity contribution < 1.29 is 9.84 Å². The largest absolute Gasteiger partial charge is 0.497 e. The van der Waals surface area contributed by atoms with E-state index >= 15 is 0 Å². The van der Waals surface area contributed by atoms with Crippen LogP contribution < -0.4 is 4.74 Å². The van der Waals surface area contributed by atoms with E-state index in [9.17, 15) is 0 Å². The van der Waals surface area contributed by atoms with Gasteiger partial charge in [0, 0.05) is 18.7 Å². The van der Waals surface area contributed by atoms with Crippen LogP contribution in [0.5, 0.6) is 5.75 Å². The minimum Gasteiger partial charge on any atom is -0.497 e. The van der Waals surface area contributed by atoms with Gasteiger partial charge in [0.15, 0.2) is 0 Å². The number of benzene rings is 1. The maximum atomic E-state index is 8.89. The predicted octanol–water partition coefficient (Wildman–Crippen LogP) is 2.66. The Morgan fingerprint density at radius 1 is 1.43 bits per heavy atom. The van der Waals surface area contributed by atoms with Gasteiger partial charge in [-0.3, -0.25) is 4.90 Å². The van der Waals surface area contributed by atoms with Crippen molar-refractivity contribution in [2.24, 2.45) is 5.92 Å². The second-order valence-electron chi connectivity index (χ2n) is 5.66. The first-order valence-electron chi connectivity index (χ1n) is 7.75. The van der Waals surface area contributed by atoms with Gasteiger partial charge in [-0.25, -0.2) is 0 Å². The second kappa shape index (κ2) is 8.07. The zero-order valence-electron chi connectivity index (χ0n) is 13.1. The quantitative estimate of drug-likeness (QED) is 0.845. The molecule has 0 spiro atoms. The third-order valence-corrected chi connectivity index (χ3v) is 4.08. The van der Waals surface area contributed by atoms with Gasteiger partial charge in [-0.15, -0.1) is 0 Å². The molecule has 3 heteroatoms. The minimum atomic E-state index is -0.103. The fourth-order valence-electron chi connectivity index (χ4n) is 3.03. The summed E-state index contributed by atoms with van der Waals surface area (Å²) in [7, 11) is 1.69. The summed E-state index contributed by atoms with van der Waals surface area (Å²) in [6.45, 7) is 5.40. The summed E-state index contributed by atoms with van der Waals surface area (Å²) in [5.41, 5.74) is 2.18. The Morgan fingerprint density at radius 2 is 2.29 bits per heavy atom. The maximum Gasteiger partial charge on any atom is 0.119 e. The third kappa shape index (κ3) is 4.49. The summed E-state index contributed by atoms with van der Waals surface area (Å²) in [6.07, 6.45) is 3.89. The van der Waals surface area contributed by atoms with Crippen molar-refractivity contribution in [2.45, 2.75) is 32.7 Å². The summed E-state index contributed by atoms with van der Waals surface area (Å²) in [5, 5.41) is 8.89. The standard InChI is InChI=1S/C18H25NO2/c1-3-5-15-9-10-19(13-15)14-17-12-18(21-2)8-7-16(17)6-4-11-20/h7-8,12,15,20H,3,5,9-11,13-14H2,1-2H3. The number of methoxy groups -OCH3 is 1. The van der Waals surface area contributed by atoms with E-state index in [1.807, 2.05) is 12.1 Å². The molecule has 1 heterocycles. The van der Waals surface area contributed by atoms with Gasteiger partial charge in [0.25, 0.3) is 0 Å². The molecule has 1 saturated heterocycles. The van der Waals surface area contributed by atoms with Gasteiger partial charge in [0.2, 0.25) is 0 Å². The molecule has 1 aromatic carbocycles. The number of aliphatic hydroxyl groups excluding tert-OH is 1. The Balaban J connectivity index is 2.10. The Kier molecular flexibility index (Phi) is 6.10. The lowest BCUT2D eigenvalue weighted by atomic mass is 10.0. The SMILES string of the molecule is CCCC1CCN(Cc2cc(OC)ccc2C#CCO)C1. The topological polar surface area (TPSA) is 32.7 Å². The predicted molar refractivity (Wildman–Crippen MR) is 85.2 cm³/mol. The van der Waals surface area contributed by atoms with Gasteiger partial charge in [-0.1, -0.05) is 25.2 Å². The second-order valence-corrected chi connectivity index (χ2v) is 5.66. The van der Waals surface area contributed by atoms with Crippen molar-refractivity contribution in [1.29, 1.82) is 0 Å². The van der Waals surface area contributed by atoms with Crippen molar-refractivity contribution in [2.75, 3.05) is 26.8 Å². The molecule has 0 bridgehead atoms. The fourth-order valence-corrected chi connectivity index (χ4v) is 3.03. The van der Waals surface area contributed by atoms with Crippen molar-refractivity contribution in [1.82, 2.24) is 4.90 Å². The van der Waals surface area contributed by atoms with Gasteiger partial charge in [-0.2, -0.15) is 0 Å². The molecule has 1 unspecified atom stereocenters. The minimum absolute atomic E-state index is 0.103. The lowest BCUT2D eigenvalue weighted by Gasteiger charge is -2.17. The Morgan fingerprint density at radius 3 is 3.00 bits per heavy atom. The maximum absolute atomic E-state index is 8.89. The van der Waals surface area contributed by atoms with Crippen LogP contribution in [0.15, 0.2) is 18.2 Å². The molecule has 1 aromatic rings. The molecule has 1 aliphatic rings. The van der Waals surface area contributed by atoms with Gasteiger partial charge >= 0.3 is 0 Å². The Hall–Kier alpha value is -1.50. The highest BCUT2D eigenvalue weighted by atomic mass is 16.5. The first kappa shape index (κ1) is 15.9. The van der Waals surface area contributed by atoms with Crippen LogP contribution in [-0.4, -0.2) is 36.8 Å². The summed E-state index contributed by atoms with van der Waals surface area (Å²) in [6, 6.07) is 5.97. The number of aliphatic hydroxyl groups is 1. The Bertz CT molecular complexity index is 516. The highest BCUT2D eigenvalue weighted by molar-refractivity contribution is 5.45. The molecule has 0 aromatic heterocycles. The van der Waals surface area contributed by atoms with Crippen LogP contribution in [0.2, 0.25) is 0 Å². The molecular formula is C18H25NO2. The molecule has 21 heavy (non-hydrogen) atoms. The van der Waals surface area contributed by atoms with Crippen LogP contribution in [0.3, 0.4) is 0 Å². The van der Waals surface area contributed by atoms with Gasteiger partial charge < -0.3 is 9.84 Å². The van der Waals surface area contributed by atoms with Gasteiger partial charge in [0.05, 0.1) is 7.11 Å². The van der Waals surface area contributed by atoms with Crippen LogP contribution in [0.25, 0.3) is 0 Å². The highest BCUT2D eigenvalue weighted by Gasteiger charge is 2.22. The van der Waals surface area contributed by atoms with Crippen molar-refractivity contribution >= 4 is 0 Å². The third-order valence-electron chi connectivity index (χ3n) is 4.08. The zero-order valence-corrected chi connectivity index (χ0v) is 13.1. The molecule has 3 nitrogen and oxygen atoms in total. The van der Waals surface area contributed by atoms with Crippen LogP contribution in [-0.2, 0) is 6.54 Å². The average Bonchev–Trinajstić information content (AvgIpc) is 2.93. The molecule has 1 atom stereocenters. The number of hydrogen-bond acceptors (Lipinski definition) is 3. The van der Waals surface area contributed by atoms with Gasteiger partial charge in [0.1, 0.15) is 12.4 Å².